The number of hydrogen-bond donors (Lipinski definition) is 2. The van der Waals surface area contributed by atoms with Gasteiger partial charge in [-0.3, -0.25) is 4.90 Å². The van der Waals surface area contributed by atoms with E-state index in [-0.39, 0.29) is 12.0 Å². The van der Waals surface area contributed by atoms with Crippen molar-refractivity contribution in [2.45, 2.75) is 70.6 Å². The Bertz CT molecular complexity index is 440. The molecule has 1 fully saturated rings. The standard InChI is InChI=1S/C20H34N2O/c1-3-5-11-18(19(21)4-2)20(23)12-14-22(15-13-20)16-17-9-7-6-8-10-17/h6-10,18-19,23H,3-5,11-16,21H2,1-2H3. The van der Waals surface area contributed by atoms with Crippen LogP contribution in [0.3, 0.4) is 0 Å². The third-order valence-corrected chi connectivity index (χ3v) is 5.52. The zero-order valence-corrected chi connectivity index (χ0v) is 14.9. The van der Waals surface area contributed by atoms with Gasteiger partial charge < -0.3 is 10.8 Å². The normalized spacial score (nSPS) is 21.0. The fourth-order valence-electron chi connectivity index (χ4n) is 3.90. The monoisotopic (exact) mass is 318 g/mol. The molecule has 0 aliphatic carbocycles. The Morgan fingerprint density at radius 2 is 1.83 bits per heavy atom. The lowest BCUT2D eigenvalue weighted by Crippen LogP contribution is -2.53. The van der Waals surface area contributed by atoms with Crippen molar-refractivity contribution >= 4 is 0 Å². The molecule has 3 heteroatoms. The van der Waals surface area contributed by atoms with E-state index < -0.39 is 5.60 Å². The highest BCUT2D eigenvalue weighted by Gasteiger charge is 2.41. The lowest BCUT2D eigenvalue weighted by molar-refractivity contribution is -0.0791. The summed E-state index contributed by atoms with van der Waals surface area (Å²) >= 11 is 0. The lowest BCUT2D eigenvalue weighted by Gasteiger charge is -2.45. The van der Waals surface area contributed by atoms with Crippen LogP contribution in [0.5, 0.6) is 0 Å². The molecule has 1 aromatic carbocycles. The van der Waals surface area contributed by atoms with Crippen LogP contribution in [-0.2, 0) is 6.54 Å². The molecule has 1 saturated heterocycles. The van der Waals surface area contributed by atoms with Gasteiger partial charge in [0.15, 0.2) is 0 Å². The lowest BCUT2D eigenvalue weighted by atomic mass is 9.73. The second-order valence-corrected chi connectivity index (χ2v) is 7.19. The van der Waals surface area contributed by atoms with Crippen LogP contribution in [0, 0.1) is 5.92 Å². The number of aliphatic hydroxyl groups is 1. The number of piperidine rings is 1. The maximum atomic E-state index is 11.2. The van der Waals surface area contributed by atoms with Crippen LogP contribution in [0.2, 0.25) is 0 Å². The van der Waals surface area contributed by atoms with Gasteiger partial charge in [0.25, 0.3) is 0 Å². The molecule has 1 aliphatic rings. The molecule has 2 atom stereocenters. The summed E-state index contributed by atoms with van der Waals surface area (Å²) in [6, 6.07) is 10.7. The summed E-state index contributed by atoms with van der Waals surface area (Å²) in [6.07, 6.45) is 6.03. The van der Waals surface area contributed by atoms with Gasteiger partial charge in [-0.15, -0.1) is 0 Å². The Balaban J connectivity index is 1.93. The smallest absolute Gasteiger partial charge is 0.0714 e. The van der Waals surface area contributed by atoms with Gasteiger partial charge in [0.05, 0.1) is 5.60 Å². The molecule has 3 N–H and O–H groups in total. The van der Waals surface area contributed by atoms with E-state index in [4.69, 9.17) is 5.73 Å². The molecule has 3 nitrogen and oxygen atoms in total. The van der Waals surface area contributed by atoms with Crippen LogP contribution in [0.15, 0.2) is 30.3 Å². The Labute approximate surface area is 141 Å². The number of nitrogens with zero attached hydrogens (tertiary/aromatic N) is 1. The summed E-state index contributed by atoms with van der Waals surface area (Å²) in [5.74, 6) is 0.242. The van der Waals surface area contributed by atoms with Crippen LogP contribution in [-0.4, -0.2) is 34.7 Å². The zero-order chi connectivity index (χ0) is 16.7. The first-order chi connectivity index (χ1) is 11.1. The van der Waals surface area contributed by atoms with E-state index in [9.17, 15) is 5.11 Å². The Kier molecular flexibility index (Phi) is 7.07. The van der Waals surface area contributed by atoms with E-state index in [1.54, 1.807) is 0 Å². The number of benzene rings is 1. The number of likely N-dealkylation sites (tertiary alicyclic amines) is 1. The second kappa shape index (κ2) is 8.81. The van der Waals surface area contributed by atoms with Crippen molar-refractivity contribution in [3.8, 4) is 0 Å². The largest absolute Gasteiger partial charge is 0.389 e. The molecule has 1 heterocycles. The van der Waals surface area contributed by atoms with Crippen molar-refractivity contribution in [1.29, 1.82) is 0 Å². The summed E-state index contributed by atoms with van der Waals surface area (Å²) < 4.78 is 0. The Morgan fingerprint density at radius 3 is 2.39 bits per heavy atom. The first-order valence-corrected chi connectivity index (χ1v) is 9.33. The summed E-state index contributed by atoms with van der Waals surface area (Å²) in [5, 5.41) is 11.2. The van der Waals surface area contributed by atoms with Crippen molar-refractivity contribution in [3.63, 3.8) is 0 Å². The highest BCUT2D eigenvalue weighted by Crippen LogP contribution is 2.35. The molecule has 0 bridgehead atoms. The first-order valence-electron chi connectivity index (χ1n) is 9.33. The predicted octanol–water partition coefficient (Wildman–Crippen LogP) is 3.56. The minimum absolute atomic E-state index is 0.118. The SMILES string of the molecule is CCCCC(C(N)CC)C1(O)CCN(Cc2ccccc2)CC1. The minimum Gasteiger partial charge on any atom is -0.389 e. The number of rotatable bonds is 8. The molecule has 1 aliphatic heterocycles. The molecule has 0 saturated carbocycles. The quantitative estimate of drug-likeness (QED) is 0.770. The van der Waals surface area contributed by atoms with Crippen LogP contribution < -0.4 is 5.73 Å². The molecule has 0 amide bonds. The van der Waals surface area contributed by atoms with Crippen LogP contribution in [0.1, 0.15) is 57.9 Å². The molecule has 23 heavy (non-hydrogen) atoms. The van der Waals surface area contributed by atoms with Crippen LogP contribution >= 0.6 is 0 Å². The van der Waals surface area contributed by atoms with E-state index in [2.05, 4.69) is 49.1 Å². The van der Waals surface area contributed by atoms with Crippen molar-refractivity contribution in [2.24, 2.45) is 11.7 Å². The molecule has 0 radical (unpaired) electrons. The van der Waals surface area contributed by atoms with Crippen molar-refractivity contribution in [3.05, 3.63) is 35.9 Å². The number of hydrogen-bond acceptors (Lipinski definition) is 3. The maximum Gasteiger partial charge on any atom is 0.0714 e. The van der Waals surface area contributed by atoms with E-state index in [1.165, 1.54) is 12.0 Å². The van der Waals surface area contributed by atoms with E-state index in [0.29, 0.717) is 0 Å². The summed E-state index contributed by atoms with van der Waals surface area (Å²) in [7, 11) is 0. The summed E-state index contributed by atoms with van der Waals surface area (Å²) in [6.45, 7) is 7.25. The Morgan fingerprint density at radius 1 is 1.17 bits per heavy atom. The van der Waals surface area contributed by atoms with E-state index in [1.807, 2.05) is 0 Å². The average molecular weight is 319 g/mol. The molecule has 2 unspecified atom stereocenters. The highest BCUT2D eigenvalue weighted by atomic mass is 16.3. The second-order valence-electron chi connectivity index (χ2n) is 7.19. The third kappa shape index (κ3) is 5.03. The molecular weight excluding hydrogens is 284 g/mol. The Hall–Kier alpha value is -0.900. The van der Waals surface area contributed by atoms with Crippen molar-refractivity contribution in [2.75, 3.05) is 13.1 Å². The minimum atomic E-state index is -0.572. The molecule has 0 spiro atoms. The average Bonchev–Trinajstić information content (AvgIpc) is 2.58. The number of nitrogens with two attached hydrogens (primary N) is 1. The van der Waals surface area contributed by atoms with Gasteiger partial charge in [-0.05, 0) is 31.2 Å². The first kappa shape index (κ1) is 18.4. The van der Waals surface area contributed by atoms with Gasteiger partial charge in [-0.25, -0.2) is 0 Å². The van der Waals surface area contributed by atoms with Crippen LogP contribution in [0.25, 0.3) is 0 Å². The topological polar surface area (TPSA) is 49.5 Å². The van der Waals surface area contributed by atoms with Crippen molar-refractivity contribution < 1.29 is 5.11 Å². The molecule has 2 rings (SSSR count). The van der Waals surface area contributed by atoms with Gasteiger partial charge >= 0.3 is 0 Å². The maximum absolute atomic E-state index is 11.2. The van der Waals surface area contributed by atoms with Gasteiger partial charge in [0, 0.05) is 31.6 Å². The summed E-state index contributed by atoms with van der Waals surface area (Å²) in [4.78, 5) is 2.46. The number of unbranched alkanes of at least 4 members (excludes halogenated alkanes) is 1. The van der Waals surface area contributed by atoms with Gasteiger partial charge in [0.2, 0.25) is 0 Å². The van der Waals surface area contributed by atoms with Gasteiger partial charge in [-0.1, -0.05) is 57.0 Å². The third-order valence-electron chi connectivity index (χ3n) is 5.52. The molecular formula is C20H34N2O. The van der Waals surface area contributed by atoms with Gasteiger partial charge in [0.1, 0.15) is 0 Å². The highest BCUT2D eigenvalue weighted by molar-refractivity contribution is 5.14. The predicted molar refractivity (Wildman–Crippen MR) is 97.2 cm³/mol. The van der Waals surface area contributed by atoms with Crippen LogP contribution in [0.4, 0.5) is 0 Å². The molecule has 130 valence electrons. The van der Waals surface area contributed by atoms with Crippen molar-refractivity contribution in [1.82, 2.24) is 4.90 Å². The summed E-state index contributed by atoms with van der Waals surface area (Å²) in [5.41, 5.74) is 7.14. The van der Waals surface area contributed by atoms with Gasteiger partial charge in [-0.2, -0.15) is 0 Å². The van der Waals surface area contributed by atoms with E-state index in [0.717, 1.165) is 51.7 Å². The fraction of sp³-hybridized carbons (Fsp3) is 0.700. The van der Waals surface area contributed by atoms with E-state index >= 15 is 0 Å². The molecule has 1 aromatic rings. The fourth-order valence-corrected chi connectivity index (χ4v) is 3.90. The molecule has 0 aromatic heterocycles. The zero-order valence-electron chi connectivity index (χ0n) is 14.9.